The second kappa shape index (κ2) is 10.1. The summed E-state index contributed by atoms with van der Waals surface area (Å²) in [5.41, 5.74) is 0.223. The van der Waals surface area contributed by atoms with Gasteiger partial charge in [-0.15, -0.1) is 0 Å². The van der Waals surface area contributed by atoms with Crippen molar-refractivity contribution >= 4 is 31.4 Å². The van der Waals surface area contributed by atoms with Gasteiger partial charge in [0, 0.05) is 0 Å². The van der Waals surface area contributed by atoms with Crippen LogP contribution >= 0.6 is 0 Å². The van der Waals surface area contributed by atoms with Gasteiger partial charge < -0.3 is 18.9 Å². The van der Waals surface area contributed by atoms with Crippen LogP contribution in [0.1, 0.15) is 0 Å². The van der Waals surface area contributed by atoms with Crippen LogP contribution in [0.5, 0.6) is 23.0 Å². The summed E-state index contributed by atoms with van der Waals surface area (Å²) in [4.78, 5) is -0.380. The highest BCUT2D eigenvalue weighted by atomic mass is 32.2. The van der Waals surface area contributed by atoms with E-state index in [0.717, 1.165) is 0 Å². The molecule has 0 aliphatic heterocycles. The third-order valence-corrected chi connectivity index (χ3v) is 7.56. The van der Waals surface area contributed by atoms with Crippen molar-refractivity contribution in [2.24, 2.45) is 0 Å². The molecule has 3 rings (SSSR count). The first-order valence-corrected chi connectivity index (χ1v) is 12.7. The van der Waals surface area contributed by atoms with Gasteiger partial charge in [0.25, 0.3) is 20.0 Å². The third-order valence-electron chi connectivity index (χ3n) is 4.67. The number of ether oxygens (including phenoxy) is 4. The van der Waals surface area contributed by atoms with Gasteiger partial charge in [-0.1, -0.05) is 18.2 Å². The molecule has 12 heteroatoms. The Morgan fingerprint density at radius 2 is 0.824 bits per heavy atom. The third kappa shape index (κ3) is 5.13. The van der Waals surface area contributed by atoms with Crippen LogP contribution in [-0.2, 0) is 20.0 Å². The normalized spacial score (nSPS) is 11.4. The first kappa shape index (κ1) is 25.0. The topological polar surface area (TPSA) is 129 Å². The molecule has 0 aliphatic rings. The summed E-state index contributed by atoms with van der Waals surface area (Å²) in [6.45, 7) is 0. The van der Waals surface area contributed by atoms with E-state index in [2.05, 4.69) is 9.44 Å². The zero-order valence-corrected chi connectivity index (χ0v) is 20.5. The van der Waals surface area contributed by atoms with E-state index < -0.39 is 20.0 Å². The van der Waals surface area contributed by atoms with Gasteiger partial charge in [0.2, 0.25) is 0 Å². The fourth-order valence-electron chi connectivity index (χ4n) is 3.22. The molecule has 3 aromatic rings. The maximum absolute atomic E-state index is 13.1. The quantitative estimate of drug-likeness (QED) is 0.427. The van der Waals surface area contributed by atoms with Crippen LogP contribution in [0.3, 0.4) is 0 Å². The molecule has 0 amide bonds. The standard InChI is InChI=1S/C22H24N2O8S2/c1-29-17-10-6-11-18(30-2)21(17)33(25,26)23-15-8-5-9-16(14-15)24-34(27,28)22-19(31-3)12-7-13-20(22)32-4/h5-14,23-24H,1-4H3. The minimum atomic E-state index is -4.15. The van der Waals surface area contributed by atoms with E-state index in [9.17, 15) is 16.8 Å². The summed E-state index contributed by atoms with van der Waals surface area (Å²) in [5.74, 6) is 0.359. The number of hydrogen-bond acceptors (Lipinski definition) is 8. The lowest BCUT2D eigenvalue weighted by Gasteiger charge is -2.16. The summed E-state index contributed by atoms with van der Waals surface area (Å²) < 4.78 is 78.0. The molecule has 0 aliphatic carbocycles. The van der Waals surface area contributed by atoms with E-state index in [1.54, 1.807) is 12.1 Å². The predicted molar refractivity (Wildman–Crippen MR) is 127 cm³/mol. The van der Waals surface area contributed by atoms with Crippen LogP contribution < -0.4 is 28.4 Å². The van der Waals surface area contributed by atoms with Crippen molar-refractivity contribution in [2.75, 3.05) is 37.9 Å². The number of benzene rings is 3. The van der Waals surface area contributed by atoms with E-state index >= 15 is 0 Å². The van der Waals surface area contributed by atoms with E-state index in [0.29, 0.717) is 0 Å². The van der Waals surface area contributed by atoms with Gasteiger partial charge in [-0.3, -0.25) is 9.44 Å². The largest absolute Gasteiger partial charge is 0.495 e. The highest BCUT2D eigenvalue weighted by Crippen LogP contribution is 2.36. The van der Waals surface area contributed by atoms with E-state index in [4.69, 9.17) is 18.9 Å². The maximum Gasteiger partial charge on any atom is 0.269 e. The maximum atomic E-state index is 13.1. The van der Waals surface area contributed by atoms with Crippen LogP contribution in [0.4, 0.5) is 11.4 Å². The summed E-state index contributed by atoms with van der Waals surface area (Å²) >= 11 is 0. The molecule has 0 radical (unpaired) electrons. The molecule has 0 fully saturated rings. The lowest BCUT2D eigenvalue weighted by molar-refractivity contribution is 0.373. The first-order valence-electron chi connectivity index (χ1n) is 9.74. The zero-order chi connectivity index (χ0) is 24.9. The molecular weight excluding hydrogens is 484 g/mol. The Labute approximate surface area is 198 Å². The lowest BCUT2D eigenvalue weighted by atomic mass is 10.3. The molecule has 2 N–H and O–H groups in total. The monoisotopic (exact) mass is 508 g/mol. The molecule has 0 atom stereocenters. The molecule has 0 spiro atoms. The summed E-state index contributed by atoms with van der Waals surface area (Å²) in [6.07, 6.45) is 0. The second-order valence-corrected chi connectivity index (χ2v) is 10.0. The van der Waals surface area contributed by atoms with Crippen molar-refractivity contribution in [3.8, 4) is 23.0 Å². The van der Waals surface area contributed by atoms with Gasteiger partial charge in [0.1, 0.15) is 23.0 Å². The van der Waals surface area contributed by atoms with Crippen molar-refractivity contribution in [3.05, 3.63) is 60.7 Å². The van der Waals surface area contributed by atoms with Crippen LogP contribution in [0, 0.1) is 0 Å². The van der Waals surface area contributed by atoms with Crippen LogP contribution in [0.15, 0.2) is 70.5 Å². The first-order chi connectivity index (χ1) is 16.2. The Morgan fingerprint density at radius 3 is 1.12 bits per heavy atom. The van der Waals surface area contributed by atoms with Gasteiger partial charge in [-0.25, -0.2) is 16.8 Å². The summed E-state index contributed by atoms with van der Waals surface area (Å²) in [7, 11) is -2.93. The van der Waals surface area contributed by atoms with Crippen LogP contribution in [0.25, 0.3) is 0 Å². The lowest BCUT2D eigenvalue weighted by Crippen LogP contribution is -2.17. The van der Waals surface area contributed by atoms with E-state index in [1.807, 2.05) is 0 Å². The molecule has 0 heterocycles. The number of sulfonamides is 2. The van der Waals surface area contributed by atoms with Crippen LogP contribution in [0.2, 0.25) is 0 Å². The average molecular weight is 509 g/mol. The Hall–Kier alpha value is -3.64. The molecule has 10 nitrogen and oxygen atoms in total. The number of nitrogens with one attached hydrogen (secondary N) is 2. The van der Waals surface area contributed by atoms with E-state index in [1.165, 1.54) is 77.0 Å². The number of anilines is 2. The summed E-state index contributed by atoms with van der Waals surface area (Å²) in [5, 5.41) is 0. The molecule has 0 aromatic heterocycles. The molecule has 182 valence electrons. The Kier molecular flexibility index (Phi) is 7.42. The molecule has 3 aromatic carbocycles. The second-order valence-electron chi connectivity index (χ2n) is 6.78. The van der Waals surface area contributed by atoms with Crippen LogP contribution in [-0.4, -0.2) is 45.3 Å². The minimum absolute atomic E-state index is 0.0898. The molecule has 34 heavy (non-hydrogen) atoms. The van der Waals surface area contributed by atoms with Gasteiger partial charge in [0.15, 0.2) is 9.79 Å². The average Bonchev–Trinajstić information content (AvgIpc) is 2.82. The van der Waals surface area contributed by atoms with Crippen molar-refractivity contribution in [3.63, 3.8) is 0 Å². The van der Waals surface area contributed by atoms with Crippen molar-refractivity contribution in [2.45, 2.75) is 9.79 Å². The molecule has 0 bridgehead atoms. The van der Waals surface area contributed by atoms with Gasteiger partial charge in [0.05, 0.1) is 39.8 Å². The highest BCUT2D eigenvalue weighted by Gasteiger charge is 2.27. The van der Waals surface area contributed by atoms with Crippen molar-refractivity contribution < 1.29 is 35.8 Å². The zero-order valence-electron chi connectivity index (χ0n) is 18.9. The van der Waals surface area contributed by atoms with E-state index in [-0.39, 0.29) is 44.2 Å². The number of methoxy groups -OCH3 is 4. The minimum Gasteiger partial charge on any atom is -0.495 e. The Morgan fingerprint density at radius 1 is 0.529 bits per heavy atom. The fraction of sp³-hybridized carbons (Fsp3) is 0.182. The molecule has 0 unspecified atom stereocenters. The smallest absolute Gasteiger partial charge is 0.269 e. The van der Waals surface area contributed by atoms with Gasteiger partial charge in [-0.05, 0) is 42.5 Å². The van der Waals surface area contributed by atoms with Crippen molar-refractivity contribution in [1.82, 2.24) is 0 Å². The Balaban J connectivity index is 1.96. The molecule has 0 saturated heterocycles. The van der Waals surface area contributed by atoms with Crippen molar-refractivity contribution in [1.29, 1.82) is 0 Å². The number of rotatable bonds is 10. The molecular formula is C22H24N2O8S2. The predicted octanol–water partition coefficient (Wildman–Crippen LogP) is 3.32. The highest BCUT2D eigenvalue weighted by molar-refractivity contribution is 7.93. The fourth-order valence-corrected chi connectivity index (χ4v) is 5.97. The SMILES string of the molecule is COc1cccc(OC)c1S(=O)(=O)Nc1cccc(NS(=O)(=O)c2c(OC)cccc2OC)c1. The number of hydrogen-bond donors (Lipinski definition) is 2. The molecule has 0 saturated carbocycles. The van der Waals surface area contributed by atoms with Gasteiger partial charge >= 0.3 is 0 Å². The Bertz CT molecular complexity index is 1240. The summed E-state index contributed by atoms with van der Waals surface area (Å²) in [6, 6.07) is 14.9. The van der Waals surface area contributed by atoms with Gasteiger partial charge in [-0.2, -0.15) is 0 Å².